The Morgan fingerprint density at radius 2 is 2.18 bits per heavy atom. The zero-order valence-corrected chi connectivity index (χ0v) is 13.7. The van der Waals surface area contributed by atoms with Crippen LogP contribution < -0.4 is 5.32 Å². The molecule has 3 heteroatoms. The smallest absolute Gasteiger partial charge is 0.0840 e. The van der Waals surface area contributed by atoms with E-state index in [0.717, 1.165) is 31.8 Å². The number of rotatable bonds is 2. The molecule has 2 saturated heterocycles. The van der Waals surface area contributed by atoms with Gasteiger partial charge >= 0.3 is 0 Å². The van der Waals surface area contributed by atoms with E-state index in [9.17, 15) is 0 Å². The Labute approximate surface area is 133 Å². The molecule has 1 aromatic rings. The fourth-order valence-electron chi connectivity index (χ4n) is 4.89. The Morgan fingerprint density at radius 3 is 3.09 bits per heavy atom. The van der Waals surface area contributed by atoms with E-state index >= 15 is 0 Å². The summed E-state index contributed by atoms with van der Waals surface area (Å²) in [6.07, 6.45) is 12.1. The predicted molar refractivity (Wildman–Crippen MR) is 87.9 cm³/mol. The summed E-state index contributed by atoms with van der Waals surface area (Å²) >= 11 is 0. The number of nitrogens with zero attached hydrogens (tertiary/aromatic N) is 1. The van der Waals surface area contributed by atoms with Gasteiger partial charge in [-0.25, -0.2) is 0 Å². The molecule has 0 spiro atoms. The number of pyridine rings is 1. The summed E-state index contributed by atoms with van der Waals surface area (Å²) in [5, 5.41) is 3.57. The maximum absolute atomic E-state index is 6.79. The van der Waals surface area contributed by atoms with Crippen LogP contribution in [0.25, 0.3) is 0 Å². The van der Waals surface area contributed by atoms with Crippen molar-refractivity contribution >= 4 is 0 Å². The molecule has 4 rings (SSSR count). The van der Waals surface area contributed by atoms with Crippen LogP contribution in [0.1, 0.15) is 68.4 Å². The highest BCUT2D eigenvalue weighted by atomic mass is 16.5. The third-order valence-corrected chi connectivity index (χ3v) is 6.21. The van der Waals surface area contributed by atoms with Crippen molar-refractivity contribution in [3.63, 3.8) is 0 Å². The first-order chi connectivity index (χ1) is 10.8. The maximum Gasteiger partial charge on any atom is 0.0840 e. The number of hydrogen-bond acceptors (Lipinski definition) is 3. The number of nitrogens with one attached hydrogen (secondary N) is 1. The van der Waals surface area contributed by atoms with Crippen LogP contribution >= 0.6 is 0 Å². The SMILES string of the molecule is CC[C@]12CNCC[C@H]1CCC(c1ccnc3c1CCCC3)O2. The predicted octanol–water partition coefficient (Wildman–Crippen LogP) is 3.57. The van der Waals surface area contributed by atoms with Crippen molar-refractivity contribution in [3.05, 3.63) is 29.1 Å². The van der Waals surface area contributed by atoms with Crippen LogP contribution in [0.15, 0.2) is 12.3 Å². The van der Waals surface area contributed by atoms with Gasteiger partial charge in [0.2, 0.25) is 0 Å². The van der Waals surface area contributed by atoms with Crippen LogP contribution in [0.3, 0.4) is 0 Å². The molecule has 1 aromatic heterocycles. The van der Waals surface area contributed by atoms with Crippen LogP contribution in [-0.2, 0) is 17.6 Å². The number of aromatic nitrogens is 1. The van der Waals surface area contributed by atoms with Crippen LogP contribution in [0.4, 0.5) is 0 Å². The van der Waals surface area contributed by atoms with Crippen LogP contribution in [0.5, 0.6) is 0 Å². The van der Waals surface area contributed by atoms with Crippen molar-refractivity contribution in [2.24, 2.45) is 5.92 Å². The molecular weight excluding hydrogens is 272 g/mol. The zero-order chi connectivity index (χ0) is 15.0. The van der Waals surface area contributed by atoms with E-state index in [1.54, 1.807) is 0 Å². The average Bonchev–Trinajstić information content (AvgIpc) is 2.60. The summed E-state index contributed by atoms with van der Waals surface area (Å²) < 4.78 is 6.79. The van der Waals surface area contributed by atoms with Crippen molar-refractivity contribution in [2.75, 3.05) is 13.1 Å². The Morgan fingerprint density at radius 1 is 1.27 bits per heavy atom. The molecule has 0 bridgehead atoms. The van der Waals surface area contributed by atoms with E-state index in [4.69, 9.17) is 4.74 Å². The van der Waals surface area contributed by atoms with Gasteiger partial charge in [-0.3, -0.25) is 4.98 Å². The van der Waals surface area contributed by atoms with E-state index in [1.807, 2.05) is 6.20 Å². The van der Waals surface area contributed by atoms with Crippen LogP contribution in [0, 0.1) is 5.92 Å². The van der Waals surface area contributed by atoms with Crippen molar-refractivity contribution in [3.8, 4) is 0 Å². The monoisotopic (exact) mass is 300 g/mol. The van der Waals surface area contributed by atoms with Crippen molar-refractivity contribution in [1.82, 2.24) is 10.3 Å². The molecule has 1 unspecified atom stereocenters. The normalized spacial score (nSPS) is 34.8. The van der Waals surface area contributed by atoms with Gasteiger partial charge in [-0.2, -0.15) is 0 Å². The number of ether oxygens (including phenoxy) is 1. The second kappa shape index (κ2) is 5.93. The van der Waals surface area contributed by atoms with E-state index in [1.165, 1.54) is 55.3 Å². The fraction of sp³-hybridized carbons (Fsp3) is 0.737. The molecule has 3 aliphatic rings. The standard InChI is InChI=1S/C19H28N2O/c1-2-19-13-20-11-9-14(19)7-8-18(22-19)16-10-12-21-17-6-4-3-5-15(16)17/h10,12,14,18,20H,2-9,11,13H2,1H3/t14-,18?,19+/m1/s1. The van der Waals surface area contributed by atoms with E-state index in [0.29, 0.717) is 0 Å². The van der Waals surface area contributed by atoms with Crippen molar-refractivity contribution in [1.29, 1.82) is 0 Å². The summed E-state index contributed by atoms with van der Waals surface area (Å²) in [5.74, 6) is 0.743. The molecular formula is C19H28N2O. The highest BCUT2D eigenvalue weighted by Gasteiger charge is 2.45. The Hall–Kier alpha value is -0.930. The fourth-order valence-corrected chi connectivity index (χ4v) is 4.89. The van der Waals surface area contributed by atoms with Gasteiger partial charge in [0, 0.05) is 18.4 Å². The number of fused-ring (bicyclic) bond motifs is 2. The second-order valence-corrected chi connectivity index (χ2v) is 7.30. The largest absolute Gasteiger partial charge is 0.365 e. The molecule has 2 aliphatic heterocycles. The Bertz CT molecular complexity index is 544. The van der Waals surface area contributed by atoms with Gasteiger partial charge in [-0.1, -0.05) is 6.92 Å². The third-order valence-electron chi connectivity index (χ3n) is 6.21. The number of hydrogen-bond donors (Lipinski definition) is 1. The van der Waals surface area contributed by atoms with Gasteiger partial charge in [-0.15, -0.1) is 0 Å². The summed E-state index contributed by atoms with van der Waals surface area (Å²) in [6, 6.07) is 2.23. The molecule has 120 valence electrons. The molecule has 3 heterocycles. The molecule has 0 aromatic carbocycles. The molecule has 2 fully saturated rings. The van der Waals surface area contributed by atoms with Gasteiger partial charge in [0.25, 0.3) is 0 Å². The highest BCUT2D eigenvalue weighted by molar-refractivity contribution is 5.34. The lowest BCUT2D eigenvalue weighted by Gasteiger charge is -2.50. The topological polar surface area (TPSA) is 34.2 Å². The molecule has 3 atom stereocenters. The molecule has 1 N–H and O–H groups in total. The first-order valence-electron chi connectivity index (χ1n) is 9.17. The molecule has 0 amide bonds. The summed E-state index contributed by atoms with van der Waals surface area (Å²) in [5.41, 5.74) is 4.35. The van der Waals surface area contributed by atoms with Gasteiger partial charge < -0.3 is 10.1 Å². The van der Waals surface area contributed by atoms with E-state index in [2.05, 4.69) is 23.3 Å². The van der Waals surface area contributed by atoms with Crippen molar-refractivity contribution in [2.45, 2.75) is 70.0 Å². The van der Waals surface area contributed by atoms with Crippen LogP contribution in [-0.4, -0.2) is 23.7 Å². The molecule has 22 heavy (non-hydrogen) atoms. The average molecular weight is 300 g/mol. The quantitative estimate of drug-likeness (QED) is 0.906. The Balaban J connectivity index is 1.64. The molecule has 0 saturated carbocycles. The van der Waals surface area contributed by atoms with E-state index in [-0.39, 0.29) is 11.7 Å². The number of piperidine rings is 1. The molecule has 0 radical (unpaired) electrons. The Kier molecular flexibility index (Phi) is 3.95. The van der Waals surface area contributed by atoms with E-state index < -0.39 is 0 Å². The maximum atomic E-state index is 6.79. The zero-order valence-electron chi connectivity index (χ0n) is 13.7. The van der Waals surface area contributed by atoms with Gasteiger partial charge in [0.05, 0.1) is 11.7 Å². The van der Waals surface area contributed by atoms with Gasteiger partial charge in [0.1, 0.15) is 0 Å². The minimum absolute atomic E-state index is 0.0615. The summed E-state index contributed by atoms with van der Waals surface area (Å²) in [7, 11) is 0. The minimum atomic E-state index is 0.0615. The lowest BCUT2D eigenvalue weighted by molar-refractivity contribution is -0.175. The molecule has 3 nitrogen and oxygen atoms in total. The lowest BCUT2D eigenvalue weighted by Crippen LogP contribution is -2.56. The third kappa shape index (κ3) is 2.39. The van der Waals surface area contributed by atoms with Crippen molar-refractivity contribution < 1.29 is 4.74 Å². The second-order valence-electron chi connectivity index (χ2n) is 7.30. The molecule has 1 aliphatic carbocycles. The van der Waals surface area contributed by atoms with Gasteiger partial charge in [-0.05, 0) is 81.0 Å². The summed E-state index contributed by atoms with van der Waals surface area (Å²) in [6.45, 7) is 4.48. The van der Waals surface area contributed by atoms with Crippen LogP contribution in [0.2, 0.25) is 0 Å². The lowest BCUT2D eigenvalue weighted by atomic mass is 9.73. The first kappa shape index (κ1) is 14.6. The highest BCUT2D eigenvalue weighted by Crippen LogP contribution is 2.46. The van der Waals surface area contributed by atoms with Gasteiger partial charge in [0.15, 0.2) is 0 Å². The first-order valence-corrected chi connectivity index (χ1v) is 9.17. The number of aryl methyl sites for hydroxylation is 1. The summed E-state index contributed by atoms with van der Waals surface area (Å²) in [4.78, 5) is 4.63. The minimum Gasteiger partial charge on any atom is -0.365 e.